The number of carbonyl (C=O) groups excluding carboxylic acids is 3. The summed E-state index contributed by atoms with van der Waals surface area (Å²) in [4.78, 5) is 33.4. The molecule has 0 saturated heterocycles. The van der Waals surface area contributed by atoms with Crippen LogP contribution in [0.5, 0.6) is 0 Å². The summed E-state index contributed by atoms with van der Waals surface area (Å²) in [5.74, 6) is -1.26. The van der Waals surface area contributed by atoms with Crippen molar-refractivity contribution in [1.82, 2.24) is 5.32 Å². The average molecular weight is 257 g/mol. The van der Waals surface area contributed by atoms with Crippen LogP contribution in [0.1, 0.15) is 26.2 Å². The Balaban J connectivity index is 4.71. The van der Waals surface area contributed by atoms with Gasteiger partial charge in [0, 0.05) is 6.42 Å². The Morgan fingerprint density at radius 2 is 2.00 bits per heavy atom. The summed E-state index contributed by atoms with van der Waals surface area (Å²) in [5.41, 5.74) is 8.81. The van der Waals surface area contributed by atoms with Gasteiger partial charge in [0.25, 0.3) is 0 Å². The lowest BCUT2D eigenvalue weighted by molar-refractivity contribution is -0.123. The molecule has 0 radical (unpaired) electrons. The molecule has 0 aromatic heterocycles. The molecule has 0 heterocycles. The predicted molar refractivity (Wildman–Crippen MR) is 65.3 cm³/mol. The molecule has 0 fully saturated rings. The molecule has 102 valence electrons. The minimum atomic E-state index is -1.43. The molecule has 0 saturated carbocycles. The number of nitrogens with two attached hydrogens (primary N) is 2. The summed E-state index contributed by atoms with van der Waals surface area (Å²) in [5, 5.41) is 2.35. The number of primary amides is 2. The minimum Gasteiger partial charge on any atom is -0.450 e. The third kappa shape index (κ3) is 4.86. The van der Waals surface area contributed by atoms with Crippen LogP contribution in [0.3, 0.4) is 0 Å². The van der Waals surface area contributed by atoms with Gasteiger partial charge in [-0.1, -0.05) is 6.08 Å². The maximum absolute atomic E-state index is 11.4. The Hall–Kier alpha value is -2.05. The quantitative estimate of drug-likeness (QED) is 0.520. The van der Waals surface area contributed by atoms with Crippen LogP contribution in [0.4, 0.5) is 4.79 Å². The second-order valence-electron chi connectivity index (χ2n) is 3.71. The third-order valence-electron chi connectivity index (χ3n) is 2.38. The van der Waals surface area contributed by atoms with E-state index in [2.05, 4.69) is 16.6 Å². The van der Waals surface area contributed by atoms with E-state index < -0.39 is 23.4 Å². The summed E-state index contributed by atoms with van der Waals surface area (Å²) in [6, 6.07) is 0. The van der Waals surface area contributed by atoms with Gasteiger partial charge in [0.15, 0.2) is 0 Å². The molecule has 7 nitrogen and oxygen atoms in total. The molecule has 0 rings (SSSR count). The maximum Gasteiger partial charge on any atom is 0.408 e. The van der Waals surface area contributed by atoms with Crippen molar-refractivity contribution in [3.63, 3.8) is 0 Å². The lowest BCUT2D eigenvalue weighted by Crippen LogP contribution is -2.56. The smallest absolute Gasteiger partial charge is 0.408 e. The van der Waals surface area contributed by atoms with Crippen molar-refractivity contribution in [2.24, 2.45) is 11.5 Å². The lowest BCUT2D eigenvalue weighted by Gasteiger charge is -2.27. The zero-order valence-electron chi connectivity index (χ0n) is 10.4. The Bertz CT molecular complexity index is 343. The number of carbonyl (C=O) groups is 3. The molecule has 0 aromatic carbocycles. The number of nitrogens with one attached hydrogen (secondary N) is 1. The molecular weight excluding hydrogens is 238 g/mol. The first-order valence-corrected chi connectivity index (χ1v) is 5.54. The van der Waals surface area contributed by atoms with Gasteiger partial charge in [-0.2, -0.15) is 0 Å². The van der Waals surface area contributed by atoms with Crippen molar-refractivity contribution in [3.05, 3.63) is 12.7 Å². The molecule has 0 aromatic rings. The molecule has 3 amide bonds. The largest absolute Gasteiger partial charge is 0.450 e. The highest BCUT2D eigenvalue weighted by Crippen LogP contribution is 2.16. The second kappa shape index (κ2) is 7.31. The van der Waals surface area contributed by atoms with Gasteiger partial charge in [-0.15, -0.1) is 6.58 Å². The first-order valence-electron chi connectivity index (χ1n) is 5.54. The fraction of sp³-hybridized carbons (Fsp3) is 0.545. The number of alkyl carbamates (subject to hydrolysis) is 1. The van der Waals surface area contributed by atoms with Crippen molar-refractivity contribution in [1.29, 1.82) is 0 Å². The molecular formula is C11H19N3O4. The van der Waals surface area contributed by atoms with E-state index in [1.165, 1.54) is 6.08 Å². The van der Waals surface area contributed by atoms with E-state index in [1.807, 2.05) is 0 Å². The molecule has 1 unspecified atom stereocenters. The molecule has 0 spiro atoms. The molecule has 0 bridgehead atoms. The number of hydrogen-bond donors (Lipinski definition) is 3. The Labute approximate surface area is 106 Å². The number of ether oxygens (including phenoxy) is 1. The van der Waals surface area contributed by atoms with Crippen LogP contribution >= 0.6 is 0 Å². The highest BCUT2D eigenvalue weighted by Gasteiger charge is 2.35. The predicted octanol–water partition coefficient (Wildman–Crippen LogP) is -0.202. The SMILES string of the molecule is C=CC(CCCC(N)=O)(NC(=O)OCC)C(N)=O. The summed E-state index contributed by atoms with van der Waals surface area (Å²) in [7, 11) is 0. The molecule has 1 atom stereocenters. The fourth-order valence-electron chi connectivity index (χ4n) is 1.39. The Morgan fingerprint density at radius 1 is 1.39 bits per heavy atom. The summed E-state index contributed by atoms with van der Waals surface area (Å²) in [6.07, 6.45) is 0.987. The third-order valence-corrected chi connectivity index (χ3v) is 2.38. The lowest BCUT2D eigenvalue weighted by atomic mass is 9.92. The van der Waals surface area contributed by atoms with Crippen LogP contribution in [0, 0.1) is 0 Å². The zero-order valence-corrected chi connectivity index (χ0v) is 10.4. The van der Waals surface area contributed by atoms with Gasteiger partial charge in [0.1, 0.15) is 5.54 Å². The molecule has 0 aliphatic heterocycles. The summed E-state index contributed by atoms with van der Waals surface area (Å²) >= 11 is 0. The van der Waals surface area contributed by atoms with Gasteiger partial charge >= 0.3 is 6.09 Å². The van der Waals surface area contributed by atoms with Gasteiger partial charge in [-0.25, -0.2) is 4.79 Å². The fourth-order valence-corrected chi connectivity index (χ4v) is 1.39. The van der Waals surface area contributed by atoms with Crippen LogP contribution in [-0.2, 0) is 14.3 Å². The first kappa shape index (κ1) is 16.0. The van der Waals surface area contributed by atoms with Crippen LogP contribution in [0.15, 0.2) is 12.7 Å². The number of hydrogen-bond acceptors (Lipinski definition) is 4. The van der Waals surface area contributed by atoms with E-state index in [-0.39, 0.29) is 19.4 Å². The van der Waals surface area contributed by atoms with E-state index in [1.54, 1.807) is 6.92 Å². The van der Waals surface area contributed by atoms with E-state index in [0.29, 0.717) is 6.42 Å². The van der Waals surface area contributed by atoms with E-state index in [9.17, 15) is 14.4 Å². The van der Waals surface area contributed by atoms with Gasteiger partial charge in [0.2, 0.25) is 11.8 Å². The van der Waals surface area contributed by atoms with Crippen molar-refractivity contribution >= 4 is 17.9 Å². The molecule has 0 aliphatic rings. The monoisotopic (exact) mass is 257 g/mol. The van der Waals surface area contributed by atoms with Gasteiger partial charge in [-0.3, -0.25) is 9.59 Å². The topological polar surface area (TPSA) is 125 Å². The molecule has 0 aliphatic carbocycles. The average Bonchev–Trinajstić information content (AvgIpc) is 2.27. The standard InChI is InChI=1S/C11H19N3O4/c1-3-11(9(13)16,7-5-6-8(12)15)14-10(17)18-4-2/h3H,1,4-7H2,2H3,(H2,12,15)(H2,13,16)(H,14,17). The highest BCUT2D eigenvalue weighted by molar-refractivity contribution is 5.90. The number of amides is 3. The van der Waals surface area contributed by atoms with Crippen LogP contribution in [0.2, 0.25) is 0 Å². The normalized spacial score (nSPS) is 13.2. The second-order valence-corrected chi connectivity index (χ2v) is 3.71. The van der Waals surface area contributed by atoms with E-state index in [4.69, 9.17) is 11.5 Å². The van der Waals surface area contributed by atoms with Crippen molar-refractivity contribution in [2.75, 3.05) is 6.61 Å². The number of rotatable bonds is 8. The van der Waals surface area contributed by atoms with Crippen LogP contribution in [-0.4, -0.2) is 30.1 Å². The van der Waals surface area contributed by atoms with Crippen molar-refractivity contribution < 1.29 is 19.1 Å². The molecule has 5 N–H and O–H groups in total. The van der Waals surface area contributed by atoms with Crippen molar-refractivity contribution in [3.8, 4) is 0 Å². The highest BCUT2D eigenvalue weighted by atomic mass is 16.5. The minimum absolute atomic E-state index is 0.0907. The van der Waals surface area contributed by atoms with E-state index >= 15 is 0 Å². The van der Waals surface area contributed by atoms with Gasteiger partial charge in [-0.05, 0) is 19.8 Å². The van der Waals surface area contributed by atoms with Crippen molar-refractivity contribution in [2.45, 2.75) is 31.7 Å². The summed E-state index contributed by atoms with van der Waals surface area (Å²) < 4.78 is 4.68. The molecule has 18 heavy (non-hydrogen) atoms. The van der Waals surface area contributed by atoms with Gasteiger partial charge in [0.05, 0.1) is 6.61 Å². The first-order chi connectivity index (χ1) is 8.38. The Kier molecular flexibility index (Phi) is 6.48. The maximum atomic E-state index is 11.4. The summed E-state index contributed by atoms with van der Waals surface area (Å²) in [6.45, 7) is 5.28. The van der Waals surface area contributed by atoms with Crippen LogP contribution < -0.4 is 16.8 Å². The Morgan fingerprint density at radius 3 is 2.39 bits per heavy atom. The van der Waals surface area contributed by atoms with E-state index in [0.717, 1.165) is 0 Å². The van der Waals surface area contributed by atoms with Gasteiger partial charge < -0.3 is 21.5 Å². The zero-order chi connectivity index (χ0) is 14.2. The molecule has 7 heteroatoms. The van der Waals surface area contributed by atoms with Crippen LogP contribution in [0.25, 0.3) is 0 Å².